The van der Waals surface area contributed by atoms with E-state index in [0.29, 0.717) is 6.42 Å². The van der Waals surface area contributed by atoms with E-state index in [4.69, 9.17) is 4.74 Å². The minimum Gasteiger partial charge on any atom is -0.744 e. The second-order valence-corrected chi connectivity index (χ2v) is 6.38. The maximum Gasteiger partial charge on any atom is 0.338 e. The molecule has 0 spiro atoms. The van der Waals surface area contributed by atoms with Crippen molar-refractivity contribution in [1.82, 2.24) is 4.90 Å². The van der Waals surface area contributed by atoms with E-state index in [1.165, 1.54) is 4.90 Å². The van der Waals surface area contributed by atoms with Gasteiger partial charge in [0.05, 0.1) is 29.7 Å². The standard InChI is InChI=1S/C15H19NO8S/c1-4-13(17)16(2)5-6-24-15(19)11-7-10(14(18)23-3)8-12(9-11)25(20,21)22/h7-9H,4-6H2,1-3H3,(H,20,21,22)/p-1. The maximum atomic E-state index is 12.0. The zero-order valence-electron chi connectivity index (χ0n) is 14.0. The van der Waals surface area contributed by atoms with Gasteiger partial charge in [0, 0.05) is 13.5 Å². The Labute approximate surface area is 145 Å². The second kappa shape index (κ2) is 8.58. The van der Waals surface area contributed by atoms with Crippen LogP contribution >= 0.6 is 0 Å². The Hall–Kier alpha value is -2.46. The molecule has 0 N–H and O–H groups in total. The van der Waals surface area contributed by atoms with Crippen molar-refractivity contribution in [3.8, 4) is 0 Å². The number of amides is 1. The van der Waals surface area contributed by atoms with Gasteiger partial charge in [0.15, 0.2) is 0 Å². The minimum absolute atomic E-state index is 0.136. The van der Waals surface area contributed by atoms with E-state index < -0.39 is 27.0 Å². The number of hydrogen-bond donors (Lipinski definition) is 0. The Morgan fingerprint density at radius 1 is 1.12 bits per heavy atom. The van der Waals surface area contributed by atoms with Crippen LogP contribution in [0.2, 0.25) is 0 Å². The van der Waals surface area contributed by atoms with Crippen LogP contribution in [0.5, 0.6) is 0 Å². The lowest BCUT2D eigenvalue weighted by molar-refractivity contribution is -0.130. The van der Waals surface area contributed by atoms with Gasteiger partial charge >= 0.3 is 11.9 Å². The number of benzene rings is 1. The molecule has 0 radical (unpaired) electrons. The lowest BCUT2D eigenvalue weighted by atomic mass is 10.1. The molecule has 0 unspecified atom stereocenters. The molecule has 0 saturated heterocycles. The molecule has 0 aromatic heterocycles. The van der Waals surface area contributed by atoms with Gasteiger partial charge in [-0.15, -0.1) is 0 Å². The molecule has 0 bridgehead atoms. The third-order valence-electron chi connectivity index (χ3n) is 3.24. The molecule has 0 fully saturated rings. The average Bonchev–Trinajstić information content (AvgIpc) is 2.58. The van der Waals surface area contributed by atoms with Crippen LogP contribution in [-0.4, -0.2) is 63.0 Å². The summed E-state index contributed by atoms with van der Waals surface area (Å²) in [5, 5.41) is 0. The fourth-order valence-corrected chi connectivity index (χ4v) is 2.39. The lowest BCUT2D eigenvalue weighted by Gasteiger charge is -2.16. The third-order valence-corrected chi connectivity index (χ3v) is 4.05. The normalized spacial score (nSPS) is 10.9. The fraction of sp³-hybridized carbons (Fsp3) is 0.400. The van der Waals surface area contributed by atoms with Gasteiger partial charge in [0.25, 0.3) is 0 Å². The maximum absolute atomic E-state index is 12.0. The van der Waals surface area contributed by atoms with Gasteiger partial charge in [-0.3, -0.25) is 4.79 Å². The highest BCUT2D eigenvalue weighted by molar-refractivity contribution is 7.85. The highest BCUT2D eigenvalue weighted by Crippen LogP contribution is 2.17. The molecule has 9 nitrogen and oxygen atoms in total. The topological polar surface area (TPSA) is 130 Å². The molecule has 25 heavy (non-hydrogen) atoms. The summed E-state index contributed by atoms with van der Waals surface area (Å²) in [6.07, 6.45) is 0.302. The first-order valence-electron chi connectivity index (χ1n) is 7.20. The molecule has 0 aliphatic carbocycles. The number of carbonyl (C=O) groups is 3. The molecule has 0 aliphatic heterocycles. The van der Waals surface area contributed by atoms with Crippen LogP contribution in [0.25, 0.3) is 0 Å². The molecular weight excluding hydrogens is 354 g/mol. The van der Waals surface area contributed by atoms with Crippen LogP contribution < -0.4 is 0 Å². The van der Waals surface area contributed by atoms with Crippen LogP contribution in [0.1, 0.15) is 34.1 Å². The SMILES string of the molecule is CCC(=O)N(C)CCOC(=O)c1cc(C(=O)OC)cc(S(=O)(=O)[O-])c1. The molecule has 138 valence electrons. The van der Waals surface area contributed by atoms with E-state index in [1.807, 2.05) is 0 Å². The van der Waals surface area contributed by atoms with Gasteiger partial charge in [-0.25, -0.2) is 18.0 Å². The van der Waals surface area contributed by atoms with Crippen molar-refractivity contribution in [2.24, 2.45) is 0 Å². The first-order chi connectivity index (χ1) is 11.6. The Kier molecular flexibility index (Phi) is 7.07. The van der Waals surface area contributed by atoms with Crippen molar-refractivity contribution < 1.29 is 36.8 Å². The summed E-state index contributed by atoms with van der Waals surface area (Å²) >= 11 is 0. The van der Waals surface area contributed by atoms with Crippen molar-refractivity contribution in [3.63, 3.8) is 0 Å². The minimum atomic E-state index is -4.89. The van der Waals surface area contributed by atoms with Gasteiger partial charge in [0.1, 0.15) is 16.7 Å². The Bertz CT molecular complexity index is 772. The number of ether oxygens (including phenoxy) is 2. The smallest absolute Gasteiger partial charge is 0.338 e. The number of esters is 2. The predicted octanol–water partition coefficient (Wildman–Crippen LogP) is 0.403. The summed E-state index contributed by atoms with van der Waals surface area (Å²) in [5.41, 5.74) is -0.563. The van der Waals surface area contributed by atoms with Crippen LogP contribution in [0.15, 0.2) is 23.1 Å². The molecule has 1 aromatic rings. The van der Waals surface area contributed by atoms with Crippen molar-refractivity contribution >= 4 is 28.0 Å². The van der Waals surface area contributed by atoms with Crippen LogP contribution in [0, 0.1) is 0 Å². The fourth-order valence-electron chi connectivity index (χ4n) is 1.85. The molecule has 1 rings (SSSR count). The summed E-state index contributed by atoms with van der Waals surface area (Å²) in [6.45, 7) is 1.69. The van der Waals surface area contributed by atoms with Crippen LogP contribution in [0.4, 0.5) is 0 Å². The number of hydrogen-bond acceptors (Lipinski definition) is 8. The van der Waals surface area contributed by atoms with Crippen molar-refractivity contribution in [2.75, 3.05) is 27.3 Å². The van der Waals surface area contributed by atoms with Gasteiger partial charge < -0.3 is 18.9 Å². The molecule has 1 aromatic carbocycles. The lowest BCUT2D eigenvalue weighted by Crippen LogP contribution is -2.30. The monoisotopic (exact) mass is 372 g/mol. The summed E-state index contributed by atoms with van der Waals surface area (Å²) < 4.78 is 42.9. The van der Waals surface area contributed by atoms with Crippen molar-refractivity contribution in [2.45, 2.75) is 18.2 Å². The predicted molar refractivity (Wildman–Crippen MR) is 84.0 cm³/mol. The number of methoxy groups -OCH3 is 1. The molecule has 0 heterocycles. The van der Waals surface area contributed by atoms with E-state index in [9.17, 15) is 27.4 Å². The first kappa shape index (κ1) is 20.6. The number of rotatable bonds is 7. The Morgan fingerprint density at radius 2 is 1.68 bits per heavy atom. The molecule has 1 amide bonds. The van der Waals surface area contributed by atoms with E-state index in [2.05, 4.69) is 4.74 Å². The van der Waals surface area contributed by atoms with Crippen molar-refractivity contribution in [3.05, 3.63) is 29.3 Å². The Balaban J connectivity index is 2.97. The summed E-state index contributed by atoms with van der Waals surface area (Å²) in [4.78, 5) is 35.6. The zero-order chi connectivity index (χ0) is 19.2. The van der Waals surface area contributed by atoms with Gasteiger partial charge in [-0.1, -0.05) is 6.92 Å². The molecule has 10 heteroatoms. The third kappa shape index (κ3) is 5.84. The largest absolute Gasteiger partial charge is 0.744 e. The van der Waals surface area contributed by atoms with Crippen molar-refractivity contribution in [1.29, 1.82) is 0 Å². The Morgan fingerprint density at radius 3 is 2.16 bits per heavy atom. The average molecular weight is 372 g/mol. The van der Waals surface area contributed by atoms with E-state index in [1.54, 1.807) is 14.0 Å². The molecule has 0 atom stereocenters. The van der Waals surface area contributed by atoms with Gasteiger partial charge in [-0.2, -0.15) is 0 Å². The van der Waals surface area contributed by atoms with E-state index >= 15 is 0 Å². The van der Waals surface area contributed by atoms with Gasteiger partial charge in [-0.05, 0) is 18.2 Å². The first-order valence-corrected chi connectivity index (χ1v) is 8.61. The zero-order valence-corrected chi connectivity index (χ0v) is 14.8. The van der Waals surface area contributed by atoms with E-state index in [-0.39, 0.29) is 30.2 Å². The summed E-state index contributed by atoms with van der Waals surface area (Å²) in [7, 11) is -2.28. The molecular formula is C15H18NO8S-. The number of nitrogens with zero attached hydrogens (tertiary/aromatic N) is 1. The van der Waals surface area contributed by atoms with Crippen LogP contribution in [0.3, 0.4) is 0 Å². The quantitative estimate of drug-likeness (QED) is 0.497. The van der Waals surface area contributed by atoms with E-state index in [0.717, 1.165) is 25.3 Å². The summed E-state index contributed by atoms with van der Waals surface area (Å²) in [6, 6.07) is 2.69. The van der Waals surface area contributed by atoms with Gasteiger partial charge in [0.2, 0.25) is 5.91 Å². The summed E-state index contributed by atoms with van der Waals surface area (Å²) in [5.74, 6) is -1.98. The molecule has 0 saturated carbocycles. The van der Waals surface area contributed by atoms with Crippen LogP contribution in [-0.2, 0) is 24.4 Å². The number of likely N-dealkylation sites (N-methyl/N-ethyl adjacent to an activating group) is 1. The second-order valence-electron chi connectivity index (χ2n) is 5.00. The molecule has 0 aliphatic rings. The number of carbonyl (C=O) groups excluding carboxylic acids is 3. The highest BCUT2D eigenvalue weighted by Gasteiger charge is 2.17. The highest BCUT2D eigenvalue weighted by atomic mass is 32.2.